The summed E-state index contributed by atoms with van der Waals surface area (Å²) in [7, 11) is 0. The van der Waals surface area contributed by atoms with Crippen LogP contribution in [0.1, 0.15) is 45.1 Å². The molecule has 1 aliphatic carbocycles. The molecule has 3 unspecified atom stereocenters. The molecule has 1 N–H and O–H groups in total. The van der Waals surface area contributed by atoms with Crippen molar-refractivity contribution >= 4 is 15.9 Å². The van der Waals surface area contributed by atoms with Gasteiger partial charge in [-0.1, -0.05) is 47.8 Å². The molecule has 0 aromatic heterocycles. The molecular formula is C15H21BrO. The number of hydrogen-bond acceptors (Lipinski definition) is 1. The molecule has 0 aliphatic heterocycles. The molecule has 0 radical (unpaired) electrons. The summed E-state index contributed by atoms with van der Waals surface area (Å²) in [5.41, 5.74) is 0.356. The summed E-state index contributed by atoms with van der Waals surface area (Å²) in [4.78, 5) is 0. The molecule has 1 nitrogen and oxygen atoms in total. The number of benzene rings is 1. The lowest BCUT2D eigenvalue weighted by atomic mass is 9.71. The van der Waals surface area contributed by atoms with Crippen molar-refractivity contribution in [3.8, 4) is 0 Å². The van der Waals surface area contributed by atoms with Crippen LogP contribution in [0.15, 0.2) is 28.7 Å². The van der Waals surface area contributed by atoms with Gasteiger partial charge in [0.05, 0.1) is 5.60 Å². The van der Waals surface area contributed by atoms with Crippen LogP contribution in [0, 0.1) is 11.8 Å². The quantitative estimate of drug-likeness (QED) is 0.853. The smallest absolute Gasteiger partial charge is 0.0896 e. The standard InChI is InChI=1S/C15H21BrO/c1-11-4-3-5-13(10-11)15(2,17)12-6-8-14(16)9-7-12/h6-9,11,13,17H,3-5,10H2,1-2H3. The first-order chi connectivity index (χ1) is 8.00. The Morgan fingerprint density at radius 3 is 2.47 bits per heavy atom. The highest BCUT2D eigenvalue weighted by molar-refractivity contribution is 9.10. The van der Waals surface area contributed by atoms with Crippen molar-refractivity contribution in [1.29, 1.82) is 0 Å². The van der Waals surface area contributed by atoms with Gasteiger partial charge < -0.3 is 5.11 Å². The molecule has 0 saturated heterocycles. The van der Waals surface area contributed by atoms with Crippen molar-refractivity contribution in [2.75, 3.05) is 0 Å². The van der Waals surface area contributed by atoms with Crippen LogP contribution >= 0.6 is 15.9 Å². The highest BCUT2D eigenvalue weighted by Gasteiger charge is 2.35. The molecule has 1 aromatic carbocycles. The van der Waals surface area contributed by atoms with E-state index in [2.05, 4.69) is 22.9 Å². The van der Waals surface area contributed by atoms with E-state index in [4.69, 9.17) is 0 Å². The van der Waals surface area contributed by atoms with E-state index in [-0.39, 0.29) is 0 Å². The fraction of sp³-hybridized carbons (Fsp3) is 0.600. The van der Waals surface area contributed by atoms with Crippen LogP contribution in [-0.4, -0.2) is 5.11 Å². The molecule has 1 aliphatic rings. The summed E-state index contributed by atoms with van der Waals surface area (Å²) >= 11 is 3.44. The fourth-order valence-electron chi connectivity index (χ4n) is 2.97. The van der Waals surface area contributed by atoms with Crippen LogP contribution < -0.4 is 0 Å². The monoisotopic (exact) mass is 296 g/mol. The Balaban J connectivity index is 2.19. The van der Waals surface area contributed by atoms with Gasteiger partial charge in [-0.2, -0.15) is 0 Å². The van der Waals surface area contributed by atoms with E-state index in [1.165, 1.54) is 12.8 Å². The second kappa shape index (κ2) is 5.11. The highest BCUT2D eigenvalue weighted by atomic mass is 79.9. The Morgan fingerprint density at radius 2 is 1.88 bits per heavy atom. The van der Waals surface area contributed by atoms with Crippen molar-refractivity contribution in [2.45, 2.75) is 45.1 Å². The first-order valence-corrected chi connectivity index (χ1v) is 7.28. The van der Waals surface area contributed by atoms with E-state index >= 15 is 0 Å². The lowest BCUT2D eigenvalue weighted by molar-refractivity contribution is -0.0294. The molecule has 1 fully saturated rings. The van der Waals surface area contributed by atoms with Gasteiger partial charge in [-0.3, -0.25) is 0 Å². The SMILES string of the molecule is CC1CCCC(C(C)(O)c2ccc(Br)cc2)C1. The highest BCUT2D eigenvalue weighted by Crippen LogP contribution is 2.41. The summed E-state index contributed by atoms with van der Waals surface area (Å²) in [6.07, 6.45) is 4.85. The Morgan fingerprint density at radius 1 is 1.24 bits per heavy atom. The molecule has 1 aromatic rings. The predicted octanol–water partition coefficient (Wildman–Crippen LogP) is 4.48. The van der Waals surface area contributed by atoms with E-state index in [1.807, 2.05) is 31.2 Å². The van der Waals surface area contributed by atoms with Gasteiger partial charge >= 0.3 is 0 Å². The second-order valence-corrected chi connectivity index (χ2v) is 6.54. The van der Waals surface area contributed by atoms with Gasteiger partial charge in [0.25, 0.3) is 0 Å². The summed E-state index contributed by atoms with van der Waals surface area (Å²) in [5, 5.41) is 10.8. The third-order valence-corrected chi connectivity index (χ3v) is 4.69. The molecule has 1 saturated carbocycles. The fourth-order valence-corrected chi connectivity index (χ4v) is 3.23. The maximum Gasteiger partial charge on any atom is 0.0896 e. The first-order valence-electron chi connectivity index (χ1n) is 6.48. The maximum absolute atomic E-state index is 10.8. The van der Waals surface area contributed by atoms with Gasteiger partial charge in [0.2, 0.25) is 0 Å². The lowest BCUT2D eigenvalue weighted by Gasteiger charge is -2.38. The third kappa shape index (κ3) is 2.92. The number of aliphatic hydroxyl groups is 1. The Hall–Kier alpha value is -0.340. The van der Waals surface area contributed by atoms with Crippen molar-refractivity contribution < 1.29 is 5.11 Å². The summed E-state index contributed by atoms with van der Waals surface area (Å²) in [6.45, 7) is 4.27. The molecule has 0 heterocycles. The maximum atomic E-state index is 10.8. The topological polar surface area (TPSA) is 20.2 Å². The number of halogens is 1. The Bertz CT molecular complexity index is 369. The van der Waals surface area contributed by atoms with Crippen LogP contribution in [0.4, 0.5) is 0 Å². The Kier molecular flexibility index (Phi) is 3.94. The lowest BCUT2D eigenvalue weighted by Crippen LogP contribution is -2.34. The van der Waals surface area contributed by atoms with E-state index in [0.29, 0.717) is 5.92 Å². The van der Waals surface area contributed by atoms with Crippen LogP contribution in [0.25, 0.3) is 0 Å². The molecule has 94 valence electrons. The van der Waals surface area contributed by atoms with Crippen LogP contribution in [0.3, 0.4) is 0 Å². The van der Waals surface area contributed by atoms with E-state index in [0.717, 1.165) is 28.8 Å². The molecule has 0 spiro atoms. The average molecular weight is 297 g/mol. The number of rotatable bonds is 2. The van der Waals surface area contributed by atoms with Gasteiger partial charge in [0.15, 0.2) is 0 Å². The van der Waals surface area contributed by atoms with E-state index in [1.54, 1.807) is 0 Å². The molecule has 3 atom stereocenters. The normalized spacial score (nSPS) is 28.7. The molecule has 0 amide bonds. The van der Waals surface area contributed by atoms with Gasteiger partial charge in [0.1, 0.15) is 0 Å². The first kappa shape index (κ1) is 13.1. The van der Waals surface area contributed by atoms with Crippen molar-refractivity contribution in [2.24, 2.45) is 11.8 Å². The third-order valence-electron chi connectivity index (χ3n) is 4.16. The van der Waals surface area contributed by atoms with Gasteiger partial charge in [-0.05, 0) is 49.3 Å². The average Bonchev–Trinajstić information content (AvgIpc) is 2.29. The zero-order valence-corrected chi connectivity index (χ0v) is 12.2. The molecule has 17 heavy (non-hydrogen) atoms. The van der Waals surface area contributed by atoms with Gasteiger partial charge in [0, 0.05) is 4.47 Å². The molecule has 2 rings (SSSR count). The second-order valence-electron chi connectivity index (χ2n) is 5.62. The van der Waals surface area contributed by atoms with Crippen molar-refractivity contribution in [3.63, 3.8) is 0 Å². The summed E-state index contributed by atoms with van der Waals surface area (Å²) < 4.78 is 1.06. The Labute approximate surface area is 112 Å². The van der Waals surface area contributed by atoms with Crippen LogP contribution in [-0.2, 0) is 5.60 Å². The predicted molar refractivity (Wildman–Crippen MR) is 74.8 cm³/mol. The molecule has 2 heteroatoms. The molecule has 0 bridgehead atoms. The van der Waals surface area contributed by atoms with Crippen molar-refractivity contribution in [1.82, 2.24) is 0 Å². The molecular weight excluding hydrogens is 276 g/mol. The minimum atomic E-state index is -0.685. The summed E-state index contributed by atoms with van der Waals surface area (Å²) in [5.74, 6) is 1.14. The largest absolute Gasteiger partial charge is 0.385 e. The van der Waals surface area contributed by atoms with Gasteiger partial charge in [-0.15, -0.1) is 0 Å². The van der Waals surface area contributed by atoms with Gasteiger partial charge in [-0.25, -0.2) is 0 Å². The zero-order valence-electron chi connectivity index (χ0n) is 10.6. The van der Waals surface area contributed by atoms with Crippen LogP contribution in [0.2, 0.25) is 0 Å². The minimum absolute atomic E-state index is 0.396. The minimum Gasteiger partial charge on any atom is -0.385 e. The zero-order chi connectivity index (χ0) is 12.5. The van der Waals surface area contributed by atoms with E-state index < -0.39 is 5.60 Å². The summed E-state index contributed by atoms with van der Waals surface area (Å²) in [6, 6.07) is 8.08. The van der Waals surface area contributed by atoms with Crippen LogP contribution in [0.5, 0.6) is 0 Å². The van der Waals surface area contributed by atoms with Crippen molar-refractivity contribution in [3.05, 3.63) is 34.3 Å². The van der Waals surface area contributed by atoms with E-state index in [9.17, 15) is 5.11 Å². The number of hydrogen-bond donors (Lipinski definition) is 1.